The Kier molecular flexibility index (Phi) is 4.83. The molecular weight excluding hydrogens is 238 g/mol. The highest BCUT2D eigenvalue weighted by molar-refractivity contribution is 5.77. The van der Waals surface area contributed by atoms with Gasteiger partial charge in [0.05, 0.1) is 0 Å². The maximum Gasteiger partial charge on any atom is 0.258 e. The van der Waals surface area contributed by atoms with Gasteiger partial charge in [-0.3, -0.25) is 4.79 Å². The van der Waals surface area contributed by atoms with E-state index in [0.717, 1.165) is 25.0 Å². The number of hydrogen-bond acceptors (Lipinski definition) is 2. The minimum atomic E-state index is -0.0391. The van der Waals surface area contributed by atoms with Crippen LogP contribution in [0.25, 0.3) is 0 Å². The fraction of sp³-hybridized carbons (Fsp3) is 0.562. The van der Waals surface area contributed by atoms with Gasteiger partial charge >= 0.3 is 0 Å². The van der Waals surface area contributed by atoms with Crippen LogP contribution in [0, 0.1) is 0 Å². The third-order valence-corrected chi connectivity index (χ3v) is 3.73. The first-order chi connectivity index (χ1) is 9.20. The van der Waals surface area contributed by atoms with E-state index in [1.807, 2.05) is 19.1 Å². The second-order valence-corrected chi connectivity index (χ2v) is 5.27. The summed E-state index contributed by atoms with van der Waals surface area (Å²) in [7, 11) is 0. The highest BCUT2D eigenvalue weighted by Crippen LogP contribution is 2.29. The normalized spacial score (nSPS) is 15.5. The molecule has 1 amide bonds. The number of carbonyl (C=O) groups excluding carboxylic acids is 1. The van der Waals surface area contributed by atoms with Crippen LogP contribution >= 0.6 is 0 Å². The largest absolute Gasteiger partial charge is 0.483 e. The molecule has 1 aliphatic rings. The summed E-state index contributed by atoms with van der Waals surface area (Å²) < 4.78 is 5.70. The van der Waals surface area contributed by atoms with Gasteiger partial charge in [-0.15, -0.1) is 0 Å². The van der Waals surface area contributed by atoms with Crippen LogP contribution in [-0.4, -0.2) is 18.6 Å². The first kappa shape index (κ1) is 13.9. The predicted molar refractivity (Wildman–Crippen MR) is 76.5 cm³/mol. The summed E-state index contributed by atoms with van der Waals surface area (Å²) in [5.74, 6) is 0.847. The second kappa shape index (κ2) is 6.60. The minimum absolute atomic E-state index is 0.0391. The van der Waals surface area contributed by atoms with Crippen molar-refractivity contribution in [3.8, 4) is 5.75 Å². The van der Waals surface area contributed by atoms with Crippen molar-refractivity contribution < 1.29 is 9.53 Å². The molecule has 0 fully saturated rings. The van der Waals surface area contributed by atoms with Gasteiger partial charge in [0.1, 0.15) is 5.75 Å². The Labute approximate surface area is 115 Å². The number of aryl methyl sites for hydroxylation is 1. The maximum atomic E-state index is 11.7. The van der Waals surface area contributed by atoms with Crippen LogP contribution in [0.2, 0.25) is 0 Å². The van der Waals surface area contributed by atoms with Gasteiger partial charge in [-0.25, -0.2) is 0 Å². The monoisotopic (exact) mass is 261 g/mol. The van der Waals surface area contributed by atoms with Crippen molar-refractivity contribution in [2.24, 2.45) is 0 Å². The van der Waals surface area contributed by atoms with Crippen molar-refractivity contribution in [1.29, 1.82) is 0 Å². The molecule has 0 spiro atoms. The minimum Gasteiger partial charge on any atom is -0.483 e. The van der Waals surface area contributed by atoms with Crippen molar-refractivity contribution in [3.05, 3.63) is 29.3 Å². The molecule has 0 radical (unpaired) electrons. The van der Waals surface area contributed by atoms with Crippen molar-refractivity contribution in [2.45, 2.75) is 52.0 Å². The van der Waals surface area contributed by atoms with Crippen LogP contribution in [0.4, 0.5) is 0 Å². The molecule has 1 unspecified atom stereocenters. The third-order valence-electron chi connectivity index (χ3n) is 3.73. The molecule has 0 aromatic heterocycles. The van der Waals surface area contributed by atoms with E-state index >= 15 is 0 Å². The molecule has 0 saturated heterocycles. The van der Waals surface area contributed by atoms with Crippen LogP contribution in [0.1, 0.15) is 44.2 Å². The van der Waals surface area contributed by atoms with Crippen LogP contribution in [0.5, 0.6) is 5.75 Å². The molecule has 1 atom stereocenters. The molecule has 2 rings (SSSR count). The molecule has 3 heteroatoms. The number of amides is 1. The lowest BCUT2D eigenvalue weighted by Crippen LogP contribution is -2.35. The number of hydrogen-bond donors (Lipinski definition) is 1. The van der Waals surface area contributed by atoms with Crippen molar-refractivity contribution in [2.75, 3.05) is 6.61 Å². The van der Waals surface area contributed by atoms with Crippen LogP contribution in [-0.2, 0) is 17.6 Å². The number of carbonyl (C=O) groups is 1. The van der Waals surface area contributed by atoms with Crippen LogP contribution in [0.15, 0.2) is 18.2 Å². The quantitative estimate of drug-likeness (QED) is 0.885. The lowest BCUT2D eigenvalue weighted by atomic mass is 9.91. The lowest BCUT2D eigenvalue weighted by molar-refractivity contribution is -0.123. The van der Waals surface area contributed by atoms with Crippen molar-refractivity contribution in [1.82, 2.24) is 5.32 Å². The van der Waals surface area contributed by atoms with E-state index in [2.05, 4.69) is 18.3 Å². The lowest BCUT2D eigenvalue weighted by Gasteiger charge is -2.19. The third kappa shape index (κ3) is 3.72. The molecule has 0 aliphatic heterocycles. The fourth-order valence-electron chi connectivity index (χ4n) is 2.44. The Morgan fingerprint density at radius 2 is 2.16 bits per heavy atom. The van der Waals surface area contributed by atoms with Crippen LogP contribution < -0.4 is 10.1 Å². The molecule has 1 aromatic carbocycles. The molecule has 104 valence electrons. The highest BCUT2D eigenvalue weighted by Gasteiger charge is 2.14. The summed E-state index contributed by atoms with van der Waals surface area (Å²) in [4.78, 5) is 11.7. The van der Waals surface area contributed by atoms with E-state index in [1.165, 1.54) is 24.0 Å². The molecule has 3 nitrogen and oxygen atoms in total. The summed E-state index contributed by atoms with van der Waals surface area (Å²) in [5.41, 5.74) is 2.68. The summed E-state index contributed by atoms with van der Waals surface area (Å²) in [5, 5.41) is 2.92. The number of benzene rings is 1. The Morgan fingerprint density at radius 3 is 2.95 bits per heavy atom. The van der Waals surface area contributed by atoms with Gasteiger partial charge in [-0.2, -0.15) is 0 Å². The number of ether oxygens (including phenoxy) is 1. The second-order valence-electron chi connectivity index (χ2n) is 5.27. The van der Waals surface area contributed by atoms with Gasteiger partial charge in [0.15, 0.2) is 6.61 Å². The van der Waals surface area contributed by atoms with Gasteiger partial charge in [-0.1, -0.05) is 19.1 Å². The van der Waals surface area contributed by atoms with Gasteiger partial charge in [-0.05, 0) is 56.2 Å². The zero-order valence-corrected chi connectivity index (χ0v) is 11.9. The summed E-state index contributed by atoms with van der Waals surface area (Å²) in [6.07, 6.45) is 5.61. The van der Waals surface area contributed by atoms with E-state index in [0.29, 0.717) is 0 Å². The van der Waals surface area contributed by atoms with Gasteiger partial charge in [0, 0.05) is 6.04 Å². The first-order valence-electron chi connectivity index (χ1n) is 7.23. The molecule has 1 N–H and O–H groups in total. The molecule has 1 aromatic rings. The molecule has 0 heterocycles. The van der Waals surface area contributed by atoms with E-state index in [-0.39, 0.29) is 18.6 Å². The molecule has 0 saturated carbocycles. The molecular formula is C16H23NO2. The highest BCUT2D eigenvalue weighted by atomic mass is 16.5. The SMILES string of the molecule is CCC(C)NC(=O)COc1cccc2c1CCCC2. The zero-order chi connectivity index (χ0) is 13.7. The fourth-order valence-corrected chi connectivity index (χ4v) is 2.44. The topological polar surface area (TPSA) is 38.3 Å². The number of fused-ring (bicyclic) bond motifs is 1. The van der Waals surface area contributed by atoms with Gasteiger partial charge in [0.2, 0.25) is 0 Å². The maximum absolute atomic E-state index is 11.7. The zero-order valence-electron chi connectivity index (χ0n) is 11.9. The number of nitrogens with one attached hydrogen (secondary N) is 1. The predicted octanol–water partition coefficient (Wildman–Crippen LogP) is 2.86. The molecule has 1 aliphatic carbocycles. The standard InChI is InChI=1S/C16H23NO2/c1-3-12(2)17-16(18)11-19-15-10-6-8-13-7-4-5-9-14(13)15/h6,8,10,12H,3-5,7,9,11H2,1-2H3,(H,17,18). The smallest absolute Gasteiger partial charge is 0.258 e. The van der Waals surface area contributed by atoms with Crippen molar-refractivity contribution >= 4 is 5.91 Å². The average Bonchev–Trinajstić information content (AvgIpc) is 2.44. The molecule has 19 heavy (non-hydrogen) atoms. The van der Waals surface area contributed by atoms with E-state index < -0.39 is 0 Å². The summed E-state index contributed by atoms with van der Waals surface area (Å²) >= 11 is 0. The summed E-state index contributed by atoms with van der Waals surface area (Å²) in [6.45, 7) is 4.17. The first-order valence-corrected chi connectivity index (χ1v) is 7.23. The molecule has 0 bridgehead atoms. The van der Waals surface area contributed by atoms with E-state index in [1.54, 1.807) is 0 Å². The Bertz CT molecular complexity index is 442. The number of rotatable bonds is 5. The van der Waals surface area contributed by atoms with Gasteiger partial charge in [0.25, 0.3) is 5.91 Å². The van der Waals surface area contributed by atoms with E-state index in [4.69, 9.17) is 4.74 Å². The Balaban J connectivity index is 1.94. The summed E-state index contributed by atoms with van der Waals surface area (Å²) in [6, 6.07) is 6.37. The average molecular weight is 261 g/mol. The van der Waals surface area contributed by atoms with E-state index in [9.17, 15) is 4.79 Å². The van der Waals surface area contributed by atoms with Gasteiger partial charge < -0.3 is 10.1 Å². The Hall–Kier alpha value is -1.51. The van der Waals surface area contributed by atoms with Crippen LogP contribution in [0.3, 0.4) is 0 Å². The van der Waals surface area contributed by atoms with Crippen molar-refractivity contribution in [3.63, 3.8) is 0 Å². The Morgan fingerprint density at radius 1 is 1.37 bits per heavy atom.